The third kappa shape index (κ3) is 1.82. The Morgan fingerprint density at radius 3 is 2.83 bits per heavy atom. The largest absolute Gasteiger partial charge is 0.381 e. The monoisotopic (exact) mass is 168 g/mol. The maximum absolute atomic E-state index is 5.66. The minimum absolute atomic E-state index is 0.937. The number of hydrogen-bond donors (Lipinski definition) is 0. The second kappa shape index (κ2) is 3.78. The summed E-state index contributed by atoms with van der Waals surface area (Å²) >= 11 is 0. The Bertz CT molecular complexity index is 144. The van der Waals surface area contributed by atoms with Crippen molar-refractivity contribution in [2.45, 2.75) is 39.0 Å². The van der Waals surface area contributed by atoms with Crippen molar-refractivity contribution in [2.24, 2.45) is 17.8 Å². The molecule has 0 aromatic heterocycles. The van der Waals surface area contributed by atoms with Crippen molar-refractivity contribution >= 4 is 0 Å². The molecule has 2 fully saturated rings. The Balaban J connectivity index is 1.55. The molecule has 0 amide bonds. The number of ether oxygens (including phenoxy) is 1. The third-order valence-corrected chi connectivity index (χ3v) is 3.47. The van der Waals surface area contributed by atoms with Gasteiger partial charge in [-0.25, -0.2) is 0 Å². The molecule has 2 aliphatic carbocycles. The van der Waals surface area contributed by atoms with Crippen LogP contribution in [0.4, 0.5) is 0 Å². The summed E-state index contributed by atoms with van der Waals surface area (Å²) in [5, 5.41) is 0. The van der Waals surface area contributed by atoms with Gasteiger partial charge in [-0.3, -0.25) is 0 Å². The smallest absolute Gasteiger partial charge is 0.0497 e. The molecule has 2 rings (SSSR count). The van der Waals surface area contributed by atoms with E-state index in [1.54, 1.807) is 0 Å². The van der Waals surface area contributed by atoms with E-state index in [0.29, 0.717) is 0 Å². The van der Waals surface area contributed by atoms with Crippen LogP contribution in [0.3, 0.4) is 0 Å². The Morgan fingerprint density at radius 1 is 1.33 bits per heavy atom. The molecule has 70 valence electrons. The van der Waals surface area contributed by atoms with Crippen LogP contribution in [0.2, 0.25) is 0 Å². The van der Waals surface area contributed by atoms with Crippen LogP contribution in [0.5, 0.6) is 0 Å². The maximum atomic E-state index is 5.66. The van der Waals surface area contributed by atoms with Gasteiger partial charge in [-0.1, -0.05) is 13.3 Å². The van der Waals surface area contributed by atoms with E-state index in [4.69, 9.17) is 4.74 Å². The van der Waals surface area contributed by atoms with Crippen molar-refractivity contribution in [1.29, 1.82) is 0 Å². The molecule has 2 aliphatic rings. The first-order valence-corrected chi connectivity index (χ1v) is 5.49. The first kappa shape index (κ1) is 8.55. The van der Waals surface area contributed by atoms with Gasteiger partial charge in [-0.05, 0) is 43.4 Å². The minimum Gasteiger partial charge on any atom is -0.381 e. The van der Waals surface area contributed by atoms with Crippen LogP contribution in [0.15, 0.2) is 0 Å². The molecule has 0 N–H and O–H groups in total. The normalized spacial score (nSPS) is 38.2. The van der Waals surface area contributed by atoms with E-state index in [9.17, 15) is 0 Å². The topological polar surface area (TPSA) is 9.23 Å². The van der Waals surface area contributed by atoms with E-state index in [1.807, 2.05) is 0 Å². The van der Waals surface area contributed by atoms with Crippen molar-refractivity contribution in [3.05, 3.63) is 0 Å². The third-order valence-electron chi connectivity index (χ3n) is 3.47. The Kier molecular flexibility index (Phi) is 2.69. The molecule has 0 aromatic rings. The van der Waals surface area contributed by atoms with Crippen LogP contribution in [0.25, 0.3) is 0 Å². The van der Waals surface area contributed by atoms with Crippen molar-refractivity contribution in [1.82, 2.24) is 0 Å². The molecule has 12 heavy (non-hydrogen) atoms. The van der Waals surface area contributed by atoms with Gasteiger partial charge in [0.1, 0.15) is 0 Å². The molecular formula is C11H20O. The van der Waals surface area contributed by atoms with E-state index in [0.717, 1.165) is 31.0 Å². The summed E-state index contributed by atoms with van der Waals surface area (Å²) in [7, 11) is 0. The molecule has 0 bridgehead atoms. The summed E-state index contributed by atoms with van der Waals surface area (Å²) in [6.45, 7) is 4.27. The summed E-state index contributed by atoms with van der Waals surface area (Å²) in [6, 6.07) is 0. The molecule has 0 saturated heterocycles. The van der Waals surface area contributed by atoms with Gasteiger partial charge in [0.2, 0.25) is 0 Å². The fourth-order valence-corrected chi connectivity index (χ4v) is 2.51. The van der Waals surface area contributed by atoms with Gasteiger partial charge in [0.15, 0.2) is 0 Å². The second-order valence-corrected chi connectivity index (χ2v) is 4.43. The van der Waals surface area contributed by atoms with E-state index in [1.165, 1.54) is 32.1 Å². The van der Waals surface area contributed by atoms with Gasteiger partial charge < -0.3 is 4.74 Å². The fourth-order valence-electron chi connectivity index (χ4n) is 2.51. The van der Waals surface area contributed by atoms with Crippen LogP contribution in [-0.2, 0) is 4.74 Å². The Morgan fingerprint density at radius 2 is 2.25 bits per heavy atom. The van der Waals surface area contributed by atoms with E-state index in [2.05, 4.69) is 6.92 Å². The molecule has 0 spiro atoms. The van der Waals surface area contributed by atoms with Crippen molar-refractivity contribution in [3.8, 4) is 0 Å². The molecule has 3 atom stereocenters. The number of fused-ring (bicyclic) bond motifs is 1. The van der Waals surface area contributed by atoms with Crippen LogP contribution >= 0.6 is 0 Å². The maximum Gasteiger partial charge on any atom is 0.0497 e. The summed E-state index contributed by atoms with van der Waals surface area (Å²) in [5.74, 6) is 3.13. The number of unbranched alkanes of at least 4 members (excludes halogenated alkanes) is 1. The minimum atomic E-state index is 0.937. The SMILES string of the molecule is CCCCOC[C@@H]1CC[C@H]2C[C@@H]12. The molecule has 0 radical (unpaired) electrons. The Labute approximate surface area is 75.5 Å². The molecule has 1 nitrogen and oxygen atoms in total. The molecule has 2 saturated carbocycles. The molecule has 0 aromatic carbocycles. The van der Waals surface area contributed by atoms with Crippen LogP contribution in [-0.4, -0.2) is 13.2 Å². The van der Waals surface area contributed by atoms with Crippen LogP contribution in [0, 0.1) is 17.8 Å². The predicted octanol–water partition coefficient (Wildman–Crippen LogP) is 2.85. The highest BCUT2D eigenvalue weighted by molar-refractivity contribution is 4.97. The molecule has 0 aliphatic heterocycles. The summed E-state index contributed by atoms with van der Waals surface area (Å²) in [6.07, 6.45) is 6.95. The first-order valence-electron chi connectivity index (χ1n) is 5.49. The zero-order valence-electron chi connectivity index (χ0n) is 8.09. The highest BCUT2D eigenvalue weighted by Crippen LogP contribution is 2.55. The zero-order chi connectivity index (χ0) is 8.39. The van der Waals surface area contributed by atoms with E-state index >= 15 is 0 Å². The highest BCUT2D eigenvalue weighted by atomic mass is 16.5. The quantitative estimate of drug-likeness (QED) is 0.574. The Hall–Kier alpha value is -0.0400. The lowest BCUT2D eigenvalue weighted by Gasteiger charge is -2.11. The van der Waals surface area contributed by atoms with Gasteiger partial charge in [0.25, 0.3) is 0 Å². The molecular weight excluding hydrogens is 148 g/mol. The molecule has 0 heterocycles. The predicted molar refractivity (Wildman–Crippen MR) is 50.0 cm³/mol. The van der Waals surface area contributed by atoms with Crippen molar-refractivity contribution < 1.29 is 4.74 Å². The van der Waals surface area contributed by atoms with Crippen LogP contribution in [0.1, 0.15) is 39.0 Å². The van der Waals surface area contributed by atoms with Gasteiger partial charge in [0.05, 0.1) is 0 Å². The van der Waals surface area contributed by atoms with Crippen LogP contribution < -0.4 is 0 Å². The average molecular weight is 168 g/mol. The zero-order valence-corrected chi connectivity index (χ0v) is 8.09. The average Bonchev–Trinajstić information content (AvgIpc) is 2.76. The lowest BCUT2D eigenvalue weighted by atomic mass is 10.1. The van der Waals surface area contributed by atoms with Gasteiger partial charge in [0, 0.05) is 13.2 Å². The van der Waals surface area contributed by atoms with Gasteiger partial charge >= 0.3 is 0 Å². The molecule has 0 unspecified atom stereocenters. The van der Waals surface area contributed by atoms with Gasteiger partial charge in [-0.15, -0.1) is 0 Å². The fraction of sp³-hybridized carbons (Fsp3) is 1.00. The second-order valence-electron chi connectivity index (χ2n) is 4.43. The summed E-state index contributed by atoms with van der Waals surface area (Å²) < 4.78 is 5.66. The highest BCUT2D eigenvalue weighted by Gasteiger charge is 2.47. The first-order chi connectivity index (χ1) is 5.92. The lowest BCUT2D eigenvalue weighted by Crippen LogP contribution is -2.09. The number of hydrogen-bond acceptors (Lipinski definition) is 1. The lowest BCUT2D eigenvalue weighted by molar-refractivity contribution is 0.0921. The van der Waals surface area contributed by atoms with E-state index in [-0.39, 0.29) is 0 Å². The number of rotatable bonds is 5. The van der Waals surface area contributed by atoms with E-state index < -0.39 is 0 Å². The summed E-state index contributed by atoms with van der Waals surface area (Å²) in [4.78, 5) is 0. The van der Waals surface area contributed by atoms with Crippen molar-refractivity contribution in [2.75, 3.05) is 13.2 Å². The summed E-state index contributed by atoms with van der Waals surface area (Å²) in [5.41, 5.74) is 0. The standard InChI is InChI=1S/C11H20O/c1-2-3-6-12-8-10-5-4-9-7-11(9)10/h9-11H,2-8H2,1H3/t9-,10-,11+/m0/s1. The van der Waals surface area contributed by atoms with Gasteiger partial charge in [-0.2, -0.15) is 0 Å². The molecule has 1 heteroatoms. The van der Waals surface area contributed by atoms with Crippen molar-refractivity contribution in [3.63, 3.8) is 0 Å².